The minimum absolute atomic E-state index is 0.0370. The van der Waals surface area contributed by atoms with E-state index in [2.05, 4.69) is 22.2 Å². The van der Waals surface area contributed by atoms with Crippen molar-refractivity contribution in [3.8, 4) is 6.07 Å². The Morgan fingerprint density at radius 1 is 1.16 bits per heavy atom. The molecule has 0 spiro atoms. The van der Waals surface area contributed by atoms with Crippen LogP contribution in [0.4, 0.5) is 30.2 Å². The van der Waals surface area contributed by atoms with Crippen molar-refractivity contribution in [2.24, 2.45) is 0 Å². The van der Waals surface area contributed by atoms with Crippen molar-refractivity contribution in [3.05, 3.63) is 88.7 Å². The van der Waals surface area contributed by atoms with Crippen molar-refractivity contribution < 1.29 is 18.0 Å². The first kappa shape index (κ1) is 22.7. The standard InChI is InChI=1S/C22H15ClF3N5O/c1-12(14-6-8-19(23)29-11-14)30-18-4-2-3-16(20(18)28)21(32)31-15-7-5-13(10-27)17(9-15)22(24,25)26/h2-9,11,30H,1,28H2,(H,31,32). The van der Waals surface area contributed by atoms with Crippen LogP contribution < -0.4 is 16.4 Å². The van der Waals surface area contributed by atoms with Gasteiger partial charge in [-0.3, -0.25) is 4.79 Å². The van der Waals surface area contributed by atoms with Gasteiger partial charge in [-0.05, 0) is 42.5 Å². The molecule has 0 bridgehead atoms. The van der Waals surface area contributed by atoms with E-state index in [4.69, 9.17) is 22.6 Å². The van der Waals surface area contributed by atoms with Crippen molar-refractivity contribution in [3.63, 3.8) is 0 Å². The molecule has 0 saturated heterocycles. The van der Waals surface area contributed by atoms with Gasteiger partial charge in [0, 0.05) is 23.1 Å². The summed E-state index contributed by atoms with van der Waals surface area (Å²) in [7, 11) is 0. The number of hydrogen-bond acceptors (Lipinski definition) is 5. The summed E-state index contributed by atoms with van der Waals surface area (Å²) >= 11 is 5.77. The SMILES string of the molecule is C=C(Nc1cccc(C(=O)Nc2ccc(C#N)c(C(F)(F)F)c2)c1N)c1ccc(Cl)nc1. The maximum absolute atomic E-state index is 13.2. The lowest BCUT2D eigenvalue weighted by atomic mass is 10.1. The smallest absolute Gasteiger partial charge is 0.396 e. The Morgan fingerprint density at radius 2 is 1.91 bits per heavy atom. The summed E-state index contributed by atoms with van der Waals surface area (Å²) in [5.74, 6) is -0.720. The van der Waals surface area contributed by atoms with Gasteiger partial charge in [-0.25, -0.2) is 4.98 Å². The second kappa shape index (κ2) is 8.99. The van der Waals surface area contributed by atoms with E-state index in [1.54, 1.807) is 24.3 Å². The Kier molecular flexibility index (Phi) is 6.37. The molecule has 1 amide bonds. The van der Waals surface area contributed by atoms with E-state index in [1.165, 1.54) is 24.4 Å². The van der Waals surface area contributed by atoms with Gasteiger partial charge in [0.1, 0.15) is 5.15 Å². The number of carbonyl (C=O) groups is 1. The average Bonchev–Trinajstić information content (AvgIpc) is 2.75. The third-order valence-electron chi connectivity index (χ3n) is 4.42. The fraction of sp³-hybridized carbons (Fsp3) is 0.0455. The predicted molar refractivity (Wildman–Crippen MR) is 117 cm³/mol. The molecule has 0 aliphatic heterocycles. The summed E-state index contributed by atoms with van der Waals surface area (Å²) in [4.78, 5) is 16.6. The van der Waals surface area contributed by atoms with E-state index in [-0.39, 0.29) is 16.9 Å². The molecule has 1 heterocycles. The van der Waals surface area contributed by atoms with Crippen LogP contribution in [-0.4, -0.2) is 10.9 Å². The van der Waals surface area contributed by atoms with Crippen LogP contribution in [0.5, 0.6) is 0 Å². The van der Waals surface area contributed by atoms with E-state index < -0.39 is 23.2 Å². The number of halogens is 4. The van der Waals surface area contributed by atoms with Gasteiger partial charge in [0.05, 0.1) is 34.1 Å². The molecule has 1 aromatic heterocycles. The van der Waals surface area contributed by atoms with E-state index in [0.29, 0.717) is 28.2 Å². The fourth-order valence-corrected chi connectivity index (χ4v) is 2.93. The number of rotatable bonds is 5. The summed E-state index contributed by atoms with van der Waals surface area (Å²) in [6, 6.07) is 12.3. The molecule has 162 valence electrons. The van der Waals surface area contributed by atoms with Crippen LogP contribution in [-0.2, 0) is 6.18 Å². The molecule has 6 nitrogen and oxygen atoms in total. The summed E-state index contributed by atoms with van der Waals surface area (Å²) in [6.45, 7) is 3.90. The molecule has 3 rings (SSSR count). The van der Waals surface area contributed by atoms with Crippen molar-refractivity contribution in [1.82, 2.24) is 4.98 Å². The molecule has 0 unspecified atom stereocenters. The summed E-state index contributed by atoms with van der Waals surface area (Å²) in [5.41, 5.74) is 5.85. The highest BCUT2D eigenvalue weighted by Gasteiger charge is 2.34. The number of alkyl halides is 3. The number of nitriles is 1. The quantitative estimate of drug-likeness (QED) is 0.344. The minimum atomic E-state index is -4.74. The number of anilines is 3. The Bertz CT molecular complexity index is 1230. The number of benzene rings is 2. The number of hydrogen-bond donors (Lipinski definition) is 3. The number of nitrogen functional groups attached to an aromatic ring is 1. The third kappa shape index (κ3) is 4.99. The van der Waals surface area contributed by atoms with Gasteiger partial charge in [0.2, 0.25) is 0 Å². The molecule has 0 fully saturated rings. The van der Waals surface area contributed by atoms with Gasteiger partial charge in [-0.15, -0.1) is 0 Å². The van der Waals surface area contributed by atoms with Crippen LogP contribution in [0.2, 0.25) is 5.15 Å². The maximum Gasteiger partial charge on any atom is 0.417 e. The first-order valence-electron chi connectivity index (χ1n) is 8.99. The van der Waals surface area contributed by atoms with Gasteiger partial charge in [-0.1, -0.05) is 24.2 Å². The molecule has 4 N–H and O–H groups in total. The maximum atomic E-state index is 13.2. The lowest BCUT2D eigenvalue weighted by Crippen LogP contribution is -2.16. The molecule has 0 radical (unpaired) electrons. The number of amides is 1. The highest BCUT2D eigenvalue weighted by molar-refractivity contribution is 6.29. The highest BCUT2D eigenvalue weighted by Crippen LogP contribution is 2.34. The Hall–Kier alpha value is -4.03. The van der Waals surface area contributed by atoms with Crippen molar-refractivity contribution in [2.75, 3.05) is 16.4 Å². The molecular formula is C22H15ClF3N5O. The normalized spacial score (nSPS) is 10.8. The topological polar surface area (TPSA) is 104 Å². The molecule has 2 aromatic carbocycles. The van der Waals surface area contributed by atoms with Crippen LogP contribution in [0.15, 0.2) is 61.3 Å². The summed E-state index contributed by atoms with van der Waals surface area (Å²) < 4.78 is 39.5. The second-order valence-electron chi connectivity index (χ2n) is 6.56. The molecule has 3 aromatic rings. The third-order valence-corrected chi connectivity index (χ3v) is 4.64. The highest BCUT2D eigenvalue weighted by atomic mass is 35.5. The predicted octanol–water partition coefficient (Wildman–Crippen LogP) is 5.54. The van der Waals surface area contributed by atoms with E-state index in [1.807, 2.05) is 0 Å². The van der Waals surface area contributed by atoms with Gasteiger partial charge in [0.25, 0.3) is 5.91 Å². The van der Waals surface area contributed by atoms with Crippen LogP contribution >= 0.6 is 11.6 Å². The zero-order valence-corrected chi connectivity index (χ0v) is 17.1. The Balaban J connectivity index is 1.83. The Labute approximate surface area is 186 Å². The van der Waals surface area contributed by atoms with Gasteiger partial charge < -0.3 is 16.4 Å². The number of nitrogens with one attached hydrogen (secondary N) is 2. The lowest BCUT2D eigenvalue weighted by molar-refractivity contribution is -0.137. The van der Waals surface area contributed by atoms with Crippen LogP contribution in [0.25, 0.3) is 5.70 Å². The van der Waals surface area contributed by atoms with Gasteiger partial charge in [-0.2, -0.15) is 18.4 Å². The fourth-order valence-electron chi connectivity index (χ4n) is 2.81. The largest absolute Gasteiger partial charge is 0.417 e. The van der Waals surface area contributed by atoms with Crippen LogP contribution in [0.1, 0.15) is 27.0 Å². The summed E-state index contributed by atoms with van der Waals surface area (Å²) in [6.07, 6.45) is -3.24. The number of nitrogens with zero attached hydrogens (tertiary/aromatic N) is 2. The summed E-state index contributed by atoms with van der Waals surface area (Å²) in [5, 5.41) is 14.6. The zero-order chi connectivity index (χ0) is 23.5. The van der Waals surface area contributed by atoms with Gasteiger partial charge >= 0.3 is 6.18 Å². The molecule has 10 heteroatoms. The van der Waals surface area contributed by atoms with E-state index >= 15 is 0 Å². The van der Waals surface area contributed by atoms with E-state index in [9.17, 15) is 18.0 Å². The van der Waals surface area contributed by atoms with E-state index in [0.717, 1.165) is 6.07 Å². The van der Waals surface area contributed by atoms with Crippen LogP contribution in [0.3, 0.4) is 0 Å². The monoisotopic (exact) mass is 457 g/mol. The average molecular weight is 458 g/mol. The number of pyridine rings is 1. The van der Waals surface area contributed by atoms with Crippen molar-refractivity contribution in [1.29, 1.82) is 5.26 Å². The molecule has 32 heavy (non-hydrogen) atoms. The van der Waals surface area contributed by atoms with Crippen LogP contribution in [0, 0.1) is 11.3 Å². The first-order valence-corrected chi connectivity index (χ1v) is 9.37. The molecular weight excluding hydrogens is 443 g/mol. The number of nitrogens with two attached hydrogens (primary N) is 1. The van der Waals surface area contributed by atoms with Crippen molar-refractivity contribution >= 4 is 40.3 Å². The zero-order valence-electron chi connectivity index (χ0n) is 16.3. The van der Waals surface area contributed by atoms with Gasteiger partial charge in [0.15, 0.2) is 0 Å². The first-order chi connectivity index (χ1) is 15.1. The second-order valence-corrected chi connectivity index (χ2v) is 6.95. The minimum Gasteiger partial charge on any atom is -0.396 e. The van der Waals surface area contributed by atoms with Crippen molar-refractivity contribution in [2.45, 2.75) is 6.18 Å². The number of carbonyl (C=O) groups excluding carboxylic acids is 1. The lowest BCUT2D eigenvalue weighted by Gasteiger charge is -2.15. The number of aromatic nitrogens is 1. The molecule has 0 saturated carbocycles. The molecule has 0 aliphatic carbocycles. The number of para-hydroxylation sites is 1. The Morgan fingerprint density at radius 3 is 2.53 bits per heavy atom. The molecule has 0 aliphatic rings. The molecule has 0 atom stereocenters.